The van der Waals surface area contributed by atoms with Gasteiger partial charge in [0.2, 0.25) is 0 Å². The Balaban J connectivity index is 2.75. The van der Waals surface area contributed by atoms with Gasteiger partial charge in [-0.2, -0.15) is 0 Å². The van der Waals surface area contributed by atoms with Crippen molar-refractivity contribution in [2.45, 2.75) is 13.8 Å². The molecule has 0 fully saturated rings. The van der Waals surface area contributed by atoms with Crippen LogP contribution in [0.1, 0.15) is 11.1 Å². The first-order valence-corrected chi connectivity index (χ1v) is 5.41. The van der Waals surface area contributed by atoms with Crippen molar-refractivity contribution in [1.29, 1.82) is 0 Å². The highest BCUT2D eigenvalue weighted by molar-refractivity contribution is 9.10. The van der Waals surface area contributed by atoms with Gasteiger partial charge in [0.1, 0.15) is 6.54 Å². The lowest BCUT2D eigenvalue weighted by atomic mass is 10.1. The molecule has 0 aromatic heterocycles. The molecule has 0 unspecified atom stereocenters. The van der Waals surface area contributed by atoms with E-state index in [9.17, 15) is 4.79 Å². The first-order chi connectivity index (χ1) is 7.04. The molecule has 1 aromatic rings. The largest absolute Gasteiger partial charge is 0.468 e. The molecule has 0 aliphatic heterocycles. The normalized spacial score (nSPS) is 9.87. The smallest absolute Gasteiger partial charge is 0.325 e. The van der Waals surface area contributed by atoms with Gasteiger partial charge in [0, 0.05) is 10.2 Å². The highest BCUT2D eigenvalue weighted by Gasteiger charge is 2.04. The third-order valence-electron chi connectivity index (χ3n) is 2.10. The molecule has 0 saturated carbocycles. The lowest BCUT2D eigenvalue weighted by molar-refractivity contribution is -0.138. The van der Waals surface area contributed by atoms with Crippen LogP contribution < -0.4 is 5.32 Å². The van der Waals surface area contributed by atoms with Crippen molar-refractivity contribution >= 4 is 27.6 Å². The van der Waals surface area contributed by atoms with E-state index in [0.717, 1.165) is 21.3 Å². The third-order valence-corrected chi connectivity index (χ3v) is 3.35. The molecule has 0 aliphatic rings. The number of rotatable bonds is 3. The Bertz CT molecular complexity index is 354. The maximum atomic E-state index is 10.9. The van der Waals surface area contributed by atoms with Gasteiger partial charge in [0.25, 0.3) is 0 Å². The van der Waals surface area contributed by atoms with Crippen molar-refractivity contribution in [3.63, 3.8) is 0 Å². The van der Waals surface area contributed by atoms with Crippen molar-refractivity contribution in [1.82, 2.24) is 0 Å². The Labute approximate surface area is 97.9 Å². The second-order valence-electron chi connectivity index (χ2n) is 3.35. The van der Waals surface area contributed by atoms with E-state index in [-0.39, 0.29) is 12.5 Å². The summed E-state index contributed by atoms with van der Waals surface area (Å²) < 4.78 is 5.65. The van der Waals surface area contributed by atoms with Gasteiger partial charge in [-0.15, -0.1) is 0 Å². The fourth-order valence-corrected chi connectivity index (χ4v) is 1.52. The summed E-state index contributed by atoms with van der Waals surface area (Å²) in [6.07, 6.45) is 0. The van der Waals surface area contributed by atoms with Gasteiger partial charge in [-0.3, -0.25) is 4.79 Å². The van der Waals surface area contributed by atoms with Crippen molar-refractivity contribution in [2.75, 3.05) is 19.0 Å². The van der Waals surface area contributed by atoms with Gasteiger partial charge >= 0.3 is 5.97 Å². The molecule has 4 heteroatoms. The molecule has 0 amide bonds. The summed E-state index contributed by atoms with van der Waals surface area (Å²) in [4.78, 5) is 10.9. The molecule has 0 aliphatic carbocycles. The Hall–Kier alpha value is -1.03. The molecular weight excluding hydrogens is 258 g/mol. The number of hydrogen-bond acceptors (Lipinski definition) is 3. The number of carbonyl (C=O) groups is 1. The van der Waals surface area contributed by atoms with Gasteiger partial charge in [-0.1, -0.05) is 15.9 Å². The zero-order valence-electron chi connectivity index (χ0n) is 9.06. The maximum Gasteiger partial charge on any atom is 0.325 e. The second kappa shape index (κ2) is 5.16. The number of methoxy groups -OCH3 is 1. The molecule has 1 aromatic carbocycles. The second-order valence-corrected chi connectivity index (χ2v) is 4.15. The number of ether oxygens (including phenoxy) is 1. The van der Waals surface area contributed by atoms with E-state index in [1.54, 1.807) is 0 Å². The number of carbonyl (C=O) groups excluding carboxylic acids is 1. The molecule has 0 spiro atoms. The van der Waals surface area contributed by atoms with Gasteiger partial charge in [-0.25, -0.2) is 0 Å². The average molecular weight is 272 g/mol. The Kier molecular flexibility index (Phi) is 4.15. The zero-order valence-corrected chi connectivity index (χ0v) is 10.6. The van der Waals surface area contributed by atoms with E-state index in [1.165, 1.54) is 7.11 Å². The quantitative estimate of drug-likeness (QED) is 0.860. The molecule has 0 radical (unpaired) electrons. The summed E-state index contributed by atoms with van der Waals surface area (Å²) in [5.74, 6) is -0.270. The van der Waals surface area contributed by atoms with Crippen LogP contribution in [0, 0.1) is 13.8 Å². The summed E-state index contributed by atoms with van der Waals surface area (Å²) >= 11 is 3.49. The number of nitrogens with one attached hydrogen (secondary N) is 1. The SMILES string of the molecule is COC(=O)CNc1cc(C)c(Br)c(C)c1. The predicted molar refractivity (Wildman–Crippen MR) is 64.1 cm³/mol. The van der Waals surface area contributed by atoms with E-state index in [2.05, 4.69) is 26.0 Å². The lowest BCUT2D eigenvalue weighted by Gasteiger charge is -2.09. The summed E-state index contributed by atoms with van der Waals surface area (Å²) in [6, 6.07) is 3.97. The molecule has 0 atom stereocenters. The summed E-state index contributed by atoms with van der Waals surface area (Å²) in [5.41, 5.74) is 3.21. The van der Waals surface area contributed by atoms with Crippen LogP contribution in [0.4, 0.5) is 5.69 Å². The third kappa shape index (κ3) is 3.23. The van der Waals surface area contributed by atoms with Crippen LogP contribution in [-0.2, 0) is 9.53 Å². The first-order valence-electron chi connectivity index (χ1n) is 4.62. The van der Waals surface area contributed by atoms with Crippen LogP contribution >= 0.6 is 15.9 Å². The Morgan fingerprint density at radius 3 is 2.40 bits per heavy atom. The molecule has 1 N–H and O–H groups in total. The number of hydrogen-bond donors (Lipinski definition) is 1. The zero-order chi connectivity index (χ0) is 11.4. The topological polar surface area (TPSA) is 38.3 Å². The van der Waals surface area contributed by atoms with Gasteiger partial charge in [0.05, 0.1) is 7.11 Å². The van der Waals surface area contributed by atoms with Crippen molar-refractivity contribution in [3.05, 3.63) is 27.7 Å². The monoisotopic (exact) mass is 271 g/mol. The molecule has 0 saturated heterocycles. The predicted octanol–water partition coefficient (Wildman–Crippen LogP) is 2.65. The lowest BCUT2D eigenvalue weighted by Crippen LogP contribution is -2.15. The minimum absolute atomic E-state index is 0.191. The highest BCUT2D eigenvalue weighted by atomic mass is 79.9. The Morgan fingerprint density at radius 2 is 1.93 bits per heavy atom. The minimum atomic E-state index is -0.270. The first kappa shape index (κ1) is 12.0. The number of halogens is 1. The molecule has 0 heterocycles. The van der Waals surface area contributed by atoms with Crippen molar-refractivity contribution in [3.8, 4) is 0 Å². The van der Waals surface area contributed by atoms with Gasteiger partial charge in [0.15, 0.2) is 0 Å². The van der Waals surface area contributed by atoms with Crippen LogP contribution in [0.15, 0.2) is 16.6 Å². The molecule has 0 bridgehead atoms. The van der Waals surface area contributed by atoms with E-state index in [4.69, 9.17) is 0 Å². The standard InChI is InChI=1S/C11H14BrNO2/c1-7-4-9(5-8(2)11(7)12)13-6-10(14)15-3/h4-5,13H,6H2,1-3H3. The van der Waals surface area contributed by atoms with Crippen LogP contribution in [0.2, 0.25) is 0 Å². The molecule has 1 rings (SSSR count). The number of aryl methyl sites for hydroxylation is 2. The van der Waals surface area contributed by atoms with Crippen LogP contribution in [0.3, 0.4) is 0 Å². The molecular formula is C11H14BrNO2. The summed E-state index contributed by atoms with van der Waals surface area (Å²) in [6.45, 7) is 4.22. The van der Waals surface area contributed by atoms with Crippen molar-refractivity contribution < 1.29 is 9.53 Å². The number of anilines is 1. The van der Waals surface area contributed by atoms with Gasteiger partial charge in [-0.05, 0) is 37.1 Å². The maximum absolute atomic E-state index is 10.9. The van der Waals surface area contributed by atoms with Crippen molar-refractivity contribution in [2.24, 2.45) is 0 Å². The molecule has 82 valence electrons. The minimum Gasteiger partial charge on any atom is -0.468 e. The van der Waals surface area contributed by atoms with E-state index < -0.39 is 0 Å². The molecule has 3 nitrogen and oxygen atoms in total. The molecule has 15 heavy (non-hydrogen) atoms. The van der Waals surface area contributed by atoms with E-state index in [0.29, 0.717) is 0 Å². The Morgan fingerprint density at radius 1 is 1.40 bits per heavy atom. The van der Waals surface area contributed by atoms with E-state index in [1.807, 2.05) is 26.0 Å². The number of esters is 1. The van der Waals surface area contributed by atoms with Gasteiger partial charge < -0.3 is 10.1 Å². The number of benzene rings is 1. The summed E-state index contributed by atoms with van der Waals surface area (Å²) in [7, 11) is 1.38. The van der Waals surface area contributed by atoms with Crippen LogP contribution in [0.25, 0.3) is 0 Å². The fourth-order valence-electron chi connectivity index (χ4n) is 1.29. The summed E-state index contributed by atoms with van der Waals surface area (Å²) in [5, 5.41) is 3.01. The fraction of sp³-hybridized carbons (Fsp3) is 0.364. The van der Waals surface area contributed by atoms with Crippen LogP contribution in [-0.4, -0.2) is 19.6 Å². The van der Waals surface area contributed by atoms with E-state index >= 15 is 0 Å². The average Bonchev–Trinajstić information content (AvgIpc) is 2.22. The highest BCUT2D eigenvalue weighted by Crippen LogP contribution is 2.24. The van der Waals surface area contributed by atoms with Crippen LogP contribution in [0.5, 0.6) is 0 Å².